The fraction of sp³-hybridized carbons (Fsp3) is 0.0417. The summed E-state index contributed by atoms with van der Waals surface area (Å²) in [7, 11) is 0. The van der Waals surface area contributed by atoms with Crippen molar-refractivity contribution < 1.29 is 13.9 Å². The van der Waals surface area contributed by atoms with Crippen LogP contribution < -0.4 is 4.74 Å². The number of para-hydroxylation sites is 1. The molecule has 0 saturated carbocycles. The summed E-state index contributed by atoms with van der Waals surface area (Å²) in [5, 5.41) is 16.3. The monoisotopic (exact) mass is 397 g/mol. The average molecular weight is 397 g/mol. The lowest BCUT2D eigenvalue weighted by atomic mass is 10.0. The maximum Gasteiger partial charge on any atom is 0.221 e. The van der Waals surface area contributed by atoms with E-state index in [1.165, 1.54) is 0 Å². The highest BCUT2D eigenvalue weighted by atomic mass is 16.5. The van der Waals surface area contributed by atoms with Crippen LogP contribution in [0.5, 0.6) is 5.75 Å². The minimum absolute atomic E-state index is 0.143. The Morgan fingerprint density at radius 3 is 2.57 bits per heavy atom. The molecule has 0 fully saturated rings. The van der Waals surface area contributed by atoms with Crippen LogP contribution in [0, 0.1) is 10.8 Å². The molecule has 0 aliphatic rings. The third-order valence-corrected chi connectivity index (χ3v) is 4.46. The molecule has 2 N–H and O–H groups in total. The first-order valence-electron chi connectivity index (χ1n) is 9.30. The highest BCUT2D eigenvalue weighted by Crippen LogP contribution is 2.23. The summed E-state index contributed by atoms with van der Waals surface area (Å²) in [5.74, 6) is 1.13. The lowest BCUT2D eigenvalue weighted by molar-refractivity contribution is 0.302. The van der Waals surface area contributed by atoms with E-state index in [4.69, 9.17) is 24.7 Å². The Kier molecular flexibility index (Phi) is 5.66. The molecule has 4 aromatic rings. The van der Waals surface area contributed by atoms with Crippen molar-refractivity contribution in [3.8, 4) is 5.75 Å². The fourth-order valence-corrected chi connectivity index (χ4v) is 2.99. The molecule has 0 atom stereocenters. The van der Waals surface area contributed by atoms with Gasteiger partial charge in [-0.2, -0.15) is 0 Å². The molecule has 0 bridgehead atoms. The first-order chi connectivity index (χ1) is 14.7. The van der Waals surface area contributed by atoms with Crippen LogP contribution in [0.4, 0.5) is 0 Å². The van der Waals surface area contributed by atoms with Gasteiger partial charge in [0.1, 0.15) is 18.1 Å². The van der Waals surface area contributed by atoms with Gasteiger partial charge in [-0.05, 0) is 48.0 Å². The van der Waals surface area contributed by atoms with E-state index in [0.717, 1.165) is 28.6 Å². The van der Waals surface area contributed by atoms with E-state index in [0.29, 0.717) is 23.7 Å². The Bertz CT molecular complexity index is 1200. The Balaban J connectivity index is 1.50. The molecule has 6 nitrogen and oxygen atoms in total. The molecule has 0 unspecified atom stereocenters. The van der Waals surface area contributed by atoms with E-state index in [2.05, 4.69) is 4.98 Å². The summed E-state index contributed by atoms with van der Waals surface area (Å²) < 4.78 is 16.2. The number of aromatic nitrogens is 1. The molecular formula is C24H19N3O3. The fourth-order valence-electron chi connectivity index (χ4n) is 2.99. The van der Waals surface area contributed by atoms with E-state index < -0.39 is 0 Å². The number of fused-ring (bicyclic) bond motifs is 1. The third-order valence-electron chi connectivity index (χ3n) is 4.46. The Hall–Kier alpha value is -4.19. The smallest absolute Gasteiger partial charge is 0.221 e. The van der Waals surface area contributed by atoms with Gasteiger partial charge in [-0.15, -0.1) is 0 Å². The van der Waals surface area contributed by atoms with Crippen LogP contribution in [-0.4, -0.2) is 17.3 Å². The molecule has 4 rings (SSSR count). The zero-order chi connectivity index (χ0) is 20.8. The van der Waals surface area contributed by atoms with Gasteiger partial charge in [-0.25, -0.2) is 4.98 Å². The number of hydrogen-bond donors (Lipinski definition) is 2. The number of benzene rings is 2. The number of furan rings is 1. The molecular weight excluding hydrogens is 378 g/mol. The second-order valence-electron chi connectivity index (χ2n) is 6.45. The van der Waals surface area contributed by atoms with Gasteiger partial charge >= 0.3 is 0 Å². The maximum atomic E-state index is 8.08. The van der Waals surface area contributed by atoms with E-state index in [1.807, 2.05) is 60.7 Å². The zero-order valence-electron chi connectivity index (χ0n) is 16.0. The topological polar surface area (TPSA) is 92.2 Å². The first kappa shape index (κ1) is 19.1. The molecule has 2 aromatic heterocycles. The van der Waals surface area contributed by atoms with Crippen molar-refractivity contribution in [1.82, 2.24) is 4.98 Å². The SMILES string of the molecule is N=COC(=N)/C(=C/c1ccco1)c1ccc(OCc2ccc3ccccc3n2)cc1. The van der Waals surface area contributed by atoms with Crippen LogP contribution in [0.3, 0.4) is 0 Å². The van der Waals surface area contributed by atoms with Crippen molar-refractivity contribution >= 4 is 34.9 Å². The molecule has 0 aliphatic carbocycles. The van der Waals surface area contributed by atoms with E-state index in [-0.39, 0.29) is 5.90 Å². The summed E-state index contributed by atoms with van der Waals surface area (Å²) >= 11 is 0. The Morgan fingerprint density at radius 1 is 0.967 bits per heavy atom. The first-order valence-corrected chi connectivity index (χ1v) is 9.30. The van der Waals surface area contributed by atoms with Crippen molar-refractivity contribution in [2.24, 2.45) is 0 Å². The van der Waals surface area contributed by atoms with Gasteiger partial charge < -0.3 is 13.9 Å². The van der Waals surface area contributed by atoms with Gasteiger partial charge in [0.2, 0.25) is 5.90 Å². The summed E-state index contributed by atoms with van der Waals surface area (Å²) in [6.07, 6.45) is 3.98. The number of rotatable bonds is 7. The molecule has 2 aromatic carbocycles. The van der Waals surface area contributed by atoms with Crippen LogP contribution in [0.15, 0.2) is 83.5 Å². The van der Waals surface area contributed by atoms with Crippen molar-refractivity contribution in [1.29, 1.82) is 10.8 Å². The zero-order valence-corrected chi connectivity index (χ0v) is 16.0. The highest BCUT2D eigenvalue weighted by molar-refractivity contribution is 6.24. The molecule has 30 heavy (non-hydrogen) atoms. The number of ether oxygens (including phenoxy) is 2. The van der Waals surface area contributed by atoms with E-state index >= 15 is 0 Å². The van der Waals surface area contributed by atoms with Crippen LogP contribution in [0.1, 0.15) is 17.0 Å². The number of nitrogens with one attached hydrogen (secondary N) is 2. The van der Waals surface area contributed by atoms with Gasteiger partial charge in [0.25, 0.3) is 0 Å². The highest BCUT2D eigenvalue weighted by Gasteiger charge is 2.11. The number of hydrogen-bond acceptors (Lipinski definition) is 6. The molecule has 0 spiro atoms. The summed E-state index contributed by atoms with van der Waals surface area (Å²) in [4.78, 5) is 4.61. The second kappa shape index (κ2) is 8.87. The van der Waals surface area contributed by atoms with Crippen molar-refractivity contribution in [3.05, 3.63) is 96.1 Å². The Morgan fingerprint density at radius 2 is 1.80 bits per heavy atom. The van der Waals surface area contributed by atoms with Crippen LogP contribution in [0.25, 0.3) is 22.6 Å². The molecule has 0 radical (unpaired) electrons. The summed E-state index contributed by atoms with van der Waals surface area (Å²) in [5.41, 5.74) is 3.02. The van der Waals surface area contributed by atoms with Crippen molar-refractivity contribution in [3.63, 3.8) is 0 Å². The van der Waals surface area contributed by atoms with E-state index in [1.54, 1.807) is 24.5 Å². The normalized spacial score (nSPS) is 11.3. The van der Waals surface area contributed by atoms with Gasteiger partial charge in [-0.3, -0.25) is 10.8 Å². The largest absolute Gasteiger partial charge is 0.487 e. The van der Waals surface area contributed by atoms with Crippen LogP contribution in [0.2, 0.25) is 0 Å². The minimum atomic E-state index is -0.143. The van der Waals surface area contributed by atoms with Gasteiger partial charge in [0.15, 0.2) is 6.40 Å². The Labute approximate surface area is 173 Å². The molecule has 148 valence electrons. The minimum Gasteiger partial charge on any atom is -0.487 e. The maximum absolute atomic E-state index is 8.08. The number of pyridine rings is 1. The van der Waals surface area contributed by atoms with Crippen molar-refractivity contribution in [2.45, 2.75) is 6.61 Å². The number of nitrogens with zero attached hydrogens (tertiary/aromatic N) is 1. The lowest BCUT2D eigenvalue weighted by Gasteiger charge is -2.10. The van der Waals surface area contributed by atoms with E-state index in [9.17, 15) is 0 Å². The molecule has 0 saturated heterocycles. The molecule has 2 heterocycles. The lowest BCUT2D eigenvalue weighted by Crippen LogP contribution is -2.05. The van der Waals surface area contributed by atoms with Crippen molar-refractivity contribution in [2.75, 3.05) is 0 Å². The van der Waals surface area contributed by atoms with Gasteiger partial charge in [-0.1, -0.05) is 36.4 Å². The molecule has 6 heteroatoms. The predicted octanol–water partition coefficient (Wildman–Crippen LogP) is 5.55. The third kappa shape index (κ3) is 4.44. The standard InChI is InChI=1S/C24H19N3O3/c25-16-30-24(26)22(14-21-5-3-13-28-21)17-8-11-20(12-9-17)29-15-19-10-7-18-4-1-2-6-23(18)27-19/h1-14,16,25-26H,15H2/b22-14+,25-16?,26-24?. The summed E-state index contributed by atoms with van der Waals surface area (Å²) in [6.45, 7) is 0.353. The van der Waals surface area contributed by atoms with Crippen LogP contribution in [-0.2, 0) is 11.3 Å². The quantitative estimate of drug-likeness (QED) is 0.316. The predicted molar refractivity (Wildman–Crippen MR) is 117 cm³/mol. The molecule has 0 amide bonds. The average Bonchev–Trinajstić information content (AvgIpc) is 3.30. The van der Waals surface area contributed by atoms with Crippen LogP contribution >= 0.6 is 0 Å². The summed E-state index contributed by atoms with van der Waals surface area (Å²) in [6, 6.07) is 22.8. The molecule has 0 aliphatic heterocycles. The second-order valence-corrected chi connectivity index (χ2v) is 6.45. The van der Waals surface area contributed by atoms with Gasteiger partial charge in [0, 0.05) is 11.0 Å². The van der Waals surface area contributed by atoms with Gasteiger partial charge in [0.05, 0.1) is 17.5 Å².